The third-order valence-corrected chi connectivity index (χ3v) is 2.22. The SMILES string of the molecule is NCc1cc2c(cc1[N+](=O)[O-])=NC(=O)C(=O)N=2. The van der Waals surface area contributed by atoms with Crippen LogP contribution in [0.15, 0.2) is 22.1 Å². The summed E-state index contributed by atoms with van der Waals surface area (Å²) in [6, 6.07) is 2.38. The van der Waals surface area contributed by atoms with Crippen LogP contribution in [0.5, 0.6) is 0 Å². The van der Waals surface area contributed by atoms with Crippen molar-refractivity contribution in [3.8, 4) is 0 Å². The highest BCUT2D eigenvalue weighted by molar-refractivity contribution is 6.36. The maximum atomic E-state index is 11.0. The number of carbonyl (C=O) groups is 2. The van der Waals surface area contributed by atoms with E-state index in [2.05, 4.69) is 9.98 Å². The van der Waals surface area contributed by atoms with Crippen LogP contribution >= 0.6 is 0 Å². The molecule has 1 aromatic carbocycles. The van der Waals surface area contributed by atoms with Crippen molar-refractivity contribution in [3.05, 3.63) is 38.5 Å². The van der Waals surface area contributed by atoms with Gasteiger partial charge in [0.25, 0.3) is 5.69 Å². The maximum absolute atomic E-state index is 11.0. The minimum atomic E-state index is -1.03. The Morgan fingerprint density at radius 3 is 2.18 bits per heavy atom. The Bertz CT molecular complexity index is 664. The van der Waals surface area contributed by atoms with Crippen LogP contribution in [0.25, 0.3) is 0 Å². The molecular formula is C9H6N4O4. The van der Waals surface area contributed by atoms with Crippen LogP contribution in [0.3, 0.4) is 0 Å². The predicted molar refractivity (Wildman–Crippen MR) is 53.3 cm³/mol. The Labute approximate surface area is 93.6 Å². The van der Waals surface area contributed by atoms with Crippen molar-refractivity contribution in [1.29, 1.82) is 0 Å². The zero-order chi connectivity index (χ0) is 12.6. The fraction of sp³-hybridized carbons (Fsp3) is 0.111. The van der Waals surface area contributed by atoms with Gasteiger partial charge in [0.2, 0.25) is 0 Å². The van der Waals surface area contributed by atoms with Crippen molar-refractivity contribution >= 4 is 17.5 Å². The monoisotopic (exact) mass is 234 g/mol. The van der Waals surface area contributed by atoms with E-state index >= 15 is 0 Å². The smallest absolute Gasteiger partial charge is 0.326 e. The van der Waals surface area contributed by atoms with Crippen molar-refractivity contribution in [2.24, 2.45) is 15.7 Å². The van der Waals surface area contributed by atoms with E-state index in [0.717, 1.165) is 6.07 Å². The van der Waals surface area contributed by atoms with Gasteiger partial charge in [-0.25, -0.2) is 9.98 Å². The standard InChI is InChI=1S/C9H6N4O4/c10-3-4-1-5-6(2-7(4)13(16)17)12-9(15)8(14)11-5/h1-2H,3,10H2. The molecule has 2 rings (SSSR count). The highest BCUT2D eigenvalue weighted by Crippen LogP contribution is 2.13. The number of amides is 2. The van der Waals surface area contributed by atoms with Crippen LogP contribution in [-0.2, 0) is 16.1 Å². The molecule has 0 aliphatic carbocycles. The zero-order valence-electron chi connectivity index (χ0n) is 8.41. The van der Waals surface area contributed by atoms with E-state index < -0.39 is 16.7 Å². The fourth-order valence-corrected chi connectivity index (χ4v) is 1.44. The Hall–Kier alpha value is -2.48. The Balaban J connectivity index is 2.82. The lowest BCUT2D eigenvalue weighted by Gasteiger charge is -2.01. The Morgan fingerprint density at radius 1 is 1.18 bits per heavy atom. The van der Waals surface area contributed by atoms with Crippen LogP contribution < -0.4 is 16.4 Å². The molecule has 0 saturated carbocycles. The second-order valence-electron chi connectivity index (χ2n) is 3.26. The first-order valence-corrected chi connectivity index (χ1v) is 4.56. The van der Waals surface area contributed by atoms with Gasteiger partial charge in [-0.2, -0.15) is 0 Å². The molecule has 0 atom stereocenters. The molecule has 8 nitrogen and oxygen atoms in total. The summed E-state index contributed by atoms with van der Waals surface area (Å²) in [5, 5.41) is 10.9. The lowest BCUT2D eigenvalue weighted by atomic mass is 10.1. The molecule has 1 aliphatic heterocycles. The van der Waals surface area contributed by atoms with Gasteiger partial charge >= 0.3 is 11.8 Å². The van der Waals surface area contributed by atoms with Crippen LogP contribution in [0, 0.1) is 10.1 Å². The molecule has 17 heavy (non-hydrogen) atoms. The maximum Gasteiger partial charge on any atom is 0.338 e. The van der Waals surface area contributed by atoms with Crippen molar-refractivity contribution in [1.82, 2.24) is 0 Å². The van der Waals surface area contributed by atoms with Crippen LogP contribution in [0.2, 0.25) is 0 Å². The van der Waals surface area contributed by atoms with E-state index in [4.69, 9.17) is 5.73 Å². The normalized spacial score (nSPS) is 13.7. The van der Waals surface area contributed by atoms with Gasteiger partial charge in [-0.1, -0.05) is 0 Å². The molecule has 1 heterocycles. The molecule has 0 fully saturated rings. The summed E-state index contributed by atoms with van der Waals surface area (Å²) in [4.78, 5) is 39.0. The molecule has 86 valence electrons. The summed E-state index contributed by atoms with van der Waals surface area (Å²) in [7, 11) is 0. The topological polar surface area (TPSA) is 128 Å². The number of carbonyl (C=O) groups excluding carboxylic acids is 2. The number of hydrogen-bond acceptors (Lipinski definition) is 5. The first-order chi connectivity index (χ1) is 8.02. The summed E-state index contributed by atoms with van der Waals surface area (Å²) < 4.78 is 0. The first kappa shape index (κ1) is 11.0. The molecular weight excluding hydrogens is 228 g/mol. The Morgan fingerprint density at radius 2 is 1.71 bits per heavy atom. The van der Waals surface area contributed by atoms with Gasteiger partial charge in [0.15, 0.2) is 0 Å². The van der Waals surface area contributed by atoms with Crippen LogP contribution in [0.1, 0.15) is 5.56 Å². The zero-order valence-corrected chi connectivity index (χ0v) is 8.41. The second kappa shape index (κ2) is 3.83. The molecule has 2 amide bonds. The van der Waals surface area contributed by atoms with E-state index in [1.54, 1.807) is 0 Å². The van der Waals surface area contributed by atoms with Gasteiger partial charge in [0.05, 0.1) is 10.3 Å². The quantitative estimate of drug-likeness (QED) is 0.372. The molecule has 2 N–H and O–H groups in total. The molecule has 8 heteroatoms. The fourth-order valence-electron chi connectivity index (χ4n) is 1.44. The number of nitrogens with zero attached hydrogens (tertiary/aromatic N) is 3. The van der Waals surface area contributed by atoms with Crippen LogP contribution in [-0.4, -0.2) is 16.7 Å². The largest absolute Gasteiger partial charge is 0.338 e. The molecule has 0 radical (unpaired) electrons. The van der Waals surface area contributed by atoms with E-state index in [0.29, 0.717) is 0 Å². The van der Waals surface area contributed by atoms with E-state index in [1.165, 1.54) is 6.07 Å². The van der Waals surface area contributed by atoms with E-state index in [-0.39, 0.29) is 28.5 Å². The summed E-state index contributed by atoms with van der Waals surface area (Å²) in [5.74, 6) is -2.03. The number of nitro benzene ring substituents is 1. The number of nitro groups is 1. The minimum absolute atomic E-state index is 0.0125. The van der Waals surface area contributed by atoms with Crippen LogP contribution in [0.4, 0.5) is 5.69 Å². The first-order valence-electron chi connectivity index (χ1n) is 4.56. The molecule has 0 unspecified atom stereocenters. The van der Waals surface area contributed by atoms with Gasteiger partial charge < -0.3 is 5.73 Å². The number of rotatable bonds is 2. The highest BCUT2D eigenvalue weighted by Gasteiger charge is 2.19. The third kappa shape index (κ3) is 1.81. The van der Waals surface area contributed by atoms with Crippen molar-refractivity contribution in [3.63, 3.8) is 0 Å². The predicted octanol–water partition coefficient (Wildman–Crippen LogP) is -1.64. The third-order valence-electron chi connectivity index (χ3n) is 2.22. The highest BCUT2D eigenvalue weighted by atomic mass is 16.6. The summed E-state index contributed by atoms with van der Waals surface area (Å²) in [6.45, 7) is -0.0682. The van der Waals surface area contributed by atoms with Crippen molar-refractivity contribution in [2.45, 2.75) is 6.54 Å². The average Bonchev–Trinajstić information content (AvgIpc) is 2.29. The lowest BCUT2D eigenvalue weighted by molar-refractivity contribution is -0.385. The van der Waals surface area contributed by atoms with E-state index in [9.17, 15) is 19.7 Å². The molecule has 1 aromatic rings. The molecule has 0 bridgehead atoms. The lowest BCUT2D eigenvalue weighted by Crippen LogP contribution is -2.35. The molecule has 0 saturated heterocycles. The van der Waals surface area contributed by atoms with Crippen molar-refractivity contribution < 1.29 is 14.5 Å². The summed E-state index contributed by atoms with van der Waals surface area (Å²) in [6.07, 6.45) is 0. The summed E-state index contributed by atoms with van der Waals surface area (Å²) >= 11 is 0. The average molecular weight is 234 g/mol. The Kier molecular flexibility index (Phi) is 2.48. The molecule has 0 aromatic heterocycles. The number of fused-ring (bicyclic) bond motifs is 1. The van der Waals surface area contributed by atoms with Gasteiger partial charge in [0, 0.05) is 18.2 Å². The molecule has 1 aliphatic rings. The van der Waals surface area contributed by atoms with Crippen molar-refractivity contribution in [2.75, 3.05) is 0 Å². The number of nitrogens with two attached hydrogens (primary N) is 1. The van der Waals surface area contributed by atoms with E-state index in [1.807, 2.05) is 0 Å². The minimum Gasteiger partial charge on any atom is -0.326 e. The van der Waals surface area contributed by atoms with Gasteiger partial charge in [-0.3, -0.25) is 19.7 Å². The molecule has 0 spiro atoms. The van der Waals surface area contributed by atoms with Gasteiger partial charge in [-0.15, -0.1) is 0 Å². The van der Waals surface area contributed by atoms with Gasteiger partial charge in [0.1, 0.15) is 5.36 Å². The number of benzene rings is 1. The van der Waals surface area contributed by atoms with Gasteiger partial charge in [-0.05, 0) is 6.07 Å². The number of hydrogen-bond donors (Lipinski definition) is 1. The summed E-state index contributed by atoms with van der Waals surface area (Å²) in [5.41, 5.74) is 5.34. The second-order valence-corrected chi connectivity index (χ2v) is 3.26.